The Bertz CT molecular complexity index is 348. The minimum Gasteiger partial charge on any atom is -0.357 e. The number of hydrogen-bond acceptors (Lipinski definition) is 2. The van der Waals surface area contributed by atoms with E-state index in [1.54, 1.807) is 0 Å². The van der Waals surface area contributed by atoms with E-state index in [1.807, 2.05) is 6.92 Å². The third-order valence-electron chi connectivity index (χ3n) is 3.89. The van der Waals surface area contributed by atoms with Crippen molar-refractivity contribution in [1.82, 2.24) is 15.5 Å². The van der Waals surface area contributed by atoms with E-state index in [4.69, 9.17) is 0 Å². The Morgan fingerprint density at radius 1 is 1.17 bits per heavy atom. The van der Waals surface area contributed by atoms with Gasteiger partial charge in [-0.2, -0.15) is 13.2 Å². The van der Waals surface area contributed by atoms with Gasteiger partial charge in [-0.15, -0.1) is 0 Å². The van der Waals surface area contributed by atoms with E-state index >= 15 is 0 Å². The number of guanidine groups is 1. The summed E-state index contributed by atoms with van der Waals surface area (Å²) in [6.07, 6.45) is -2.76. The zero-order valence-corrected chi connectivity index (χ0v) is 14.5. The molecule has 0 aromatic heterocycles. The highest BCUT2D eigenvalue weighted by atomic mass is 19.4. The van der Waals surface area contributed by atoms with Gasteiger partial charge in [-0.25, -0.2) is 0 Å². The van der Waals surface area contributed by atoms with Crippen LogP contribution in [0.15, 0.2) is 4.99 Å². The molecule has 0 saturated carbocycles. The molecule has 0 bridgehead atoms. The molecule has 0 spiro atoms. The second kappa shape index (κ2) is 10.0. The van der Waals surface area contributed by atoms with Crippen LogP contribution in [0.4, 0.5) is 13.2 Å². The van der Waals surface area contributed by atoms with Gasteiger partial charge in [0.05, 0.1) is 6.42 Å². The van der Waals surface area contributed by atoms with Crippen molar-refractivity contribution in [2.75, 3.05) is 39.3 Å². The topological polar surface area (TPSA) is 39.7 Å². The zero-order chi connectivity index (χ0) is 17.3. The van der Waals surface area contributed by atoms with Crippen LogP contribution in [0.2, 0.25) is 0 Å². The maximum absolute atomic E-state index is 12.2. The molecule has 0 aromatic carbocycles. The number of rotatable bonds is 7. The van der Waals surface area contributed by atoms with E-state index in [0.717, 1.165) is 37.9 Å². The number of likely N-dealkylation sites (tertiary alicyclic amines) is 1. The van der Waals surface area contributed by atoms with Crippen LogP contribution in [0.5, 0.6) is 0 Å². The first-order valence-electron chi connectivity index (χ1n) is 8.61. The number of hydrogen-bond donors (Lipinski definition) is 2. The second-order valence-corrected chi connectivity index (χ2v) is 6.61. The van der Waals surface area contributed by atoms with Gasteiger partial charge in [0.2, 0.25) is 0 Å². The molecule has 4 nitrogen and oxygen atoms in total. The summed E-state index contributed by atoms with van der Waals surface area (Å²) in [5.41, 5.74) is 0. The van der Waals surface area contributed by atoms with Crippen molar-refractivity contribution in [2.45, 2.75) is 46.2 Å². The fourth-order valence-electron chi connectivity index (χ4n) is 3.12. The first-order chi connectivity index (χ1) is 10.8. The second-order valence-electron chi connectivity index (χ2n) is 6.61. The van der Waals surface area contributed by atoms with Crippen LogP contribution in [-0.4, -0.2) is 56.3 Å². The fraction of sp³-hybridized carbons (Fsp3) is 0.938. The summed E-state index contributed by atoms with van der Waals surface area (Å²) in [6, 6.07) is 0. The van der Waals surface area contributed by atoms with Crippen LogP contribution >= 0.6 is 0 Å². The standard InChI is InChI=1S/C16H31F3N4/c1-4-20-15(22-8-6-16(17,18)19)21-7-5-9-23-11-13(2)10-14(3)12-23/h13-14H,4-12H2,1-3H3,(H2,20,21,22). The maximum Gasteiger partial charge on any atom is 0.390 e. The van der Waals surface area contributed by atoms with Crippen molar-refractivity contribution >= 4 is 5.96 Å². The van der Waals surface area contributed by atoms with E-state index in [1.165, 1.54) is 6.42 Å². The van der Waals surface area contributed by atoms with Gasteiger partial charge < -0.3 is 15.5 Å². The highest BCUT2D eigenvalue weighted by Crippen LogP contribution is 2.20. The summed E-state index contributed by atoms with van der Waals surface area (Å²) in [4.78, 5) is 6.83. The third kappa shape index (κ3) is 9.69. The molecule has 0 radical (unpaired) electrons. The Balaban J connectivity index is 2.28. The highest BCUT2D eigenvalue weighted by Gasteiger charge is 2.26. The maximum atomic E-state index is 12.2. The van der Waals surface area contributed by atoms with Gasteiger partial charge in [-0.3, -0.25) is 4.99 Å². The molecule has 0 aromatic rings. The predicted octanol–water partition coefficient (Wildman–Crippen LogP) is 2.86. The molecule has 2 unspecified atom stereocenters. The quantitative estimate of drug-likeness (QED) is 0.427. The lowest BCUT2D eigenvalue weighted by Gasteiger charge is -2.34. The van der Waals surface area contributed by atoms with Gasteiger partial charge >= 0.3 is 6.18 Å². The molecule has 2 atom stereocenters. The van der Waals surface area contributed by atoms with Gasteiger partial charge in [0.15, 0.2) is 5.96 Å². The van der Waals surface area contributed by atoms with Crippen LogP contribution in [0.3, 0.4) is 0 Å². The average molecular weight is 336 g/mol. The van der Waals surface area contributed by atoms with Crippen molar-refractivity contribution in [2.24, 2.45) is 16.8 Å². The smallest absolute Gasteiger partial charge is 0.357 e. The lowest BCUT2D eigenvalue weighted by atomic mass is 9.92. The van der Waals surface area contributed by atoms with Gasteiger partial charge in [-0.1, -0.05) is 13.8 Å². The van der Waals surface area contributed by atoms with Crippen LogP contribution in [0, 0.1) is 11.8 Å². The van der Waals surface area contributed by atoms with Crippen molar-refractivity contribution in [1.29, 1.82) is 0 Å². The fourth-order valence-corrected chi connectivity index (χ4v) is 3.12. The molecule has 1 aliphatic heterocycles. The highest BCUT2D eigenvalue weighted by molar-refractivity contribution is 5.79. The van der Waals surface area contributed by atoms with E-state index in [-0.39, 0.29) is 6.54 Å². The number of aliphatic imine (C=N–C) groups is 1. The largest absolute Gasteiger partial charge is 0.390 e. The molecule has 1 saturated heterocycles. The zero-order valence-electron chi connectivity index (χ0n) is 14.5. The molecule has 1 heterocycles. The normalized spacial score (nSPS) is 23.8. The number of alkyl halides is 3. The van der Waals surface area contributed by atoms with Crippen LogP contribution < -0.4 is 10.6 Å². The van der Waals surface area contributed by atoms with Crippen molar-refractivity contribution in [3.05, 3.63) is 0 Å². The number of nitrogens with one attached hydrogen (secondary N) is 2. The lowest BCUT2D eigenvalue weighted by molar-refractivity contribution is -0.132. The van der Waals surface area contributed by atoms with E-state index in [2.05, 4.69) is 34.4 Å². The molecule has 136 valence electrons. The van der Waals surface area contributed by atoms with Crippen LogP contribution in [0.25, 0.3) is 0 Å². The molecule has 1 rings (SSSR count). The Kier molecular flexibility index (Phi) is 8.73. The molecule has 2 N–H and O–H groups in total. The summed E-state index contributed by atoms with van der Waals surface area (Å²) in [6.45, 7) is 10.9. The Hall–Kier alpha value is -0.980. The van der Waals surface area contributed by atoms with Crippen LogP contribution in [-0.2, 0) is 0 Å². The molecule has 23 heavy (non-hydrogen) atoms. The molecular formula is C16H31F3N4. The number of nitrogens with zero attached hydrogens (tertiary/aromatic N) is 2. The van der Waals surface area contributed by atoms with Crippen molar-refractivity contribution in [3.63, 3.8) is 0 Å². The van der Waals surface area contributed by atoms with E-state index in [9.17, 15) is 13.2 Å². The first-order valence-corrected chi connectivity index (χ1v) is 8.61. The summed E-state index contributed by atoms with van der Waals surface area (Å²) in [5.74, 6) is 1.95. The first kappa shape index (κ1) is 20.1. The molecule has 1 aliphatic rings. The minimum absolute atomic E-state index is 0.142. The van der Waals surface area contributed by atoms with Crippen molar-refractivity contribution in [3.8, 4) is 0 Å². The number of piperidine rings is 1. The average Bonchev–Trinajstić information content (AvgIpc) is 2.41. The molecule has 7 heteroatoms. The van der Waals surface area contributed by atoms with E-state index in [0.29, 0.717) is 19.0 Å². The van der Waals surface area contributed by atoms with Crippen LogP contribution in [0.1, 0.15) is 40.0 Å². The molecule has 0 aliphatic carbocycles. The summed E-state index contributed by atoms with van der Waals surface area (Å²) < 4.78 is 36.5. The SMILES string of the molecule is CCNC(=NCCCN1CC(C)CC(C)C1)NCCC(F)(F)F. The summed E-state index contributed by atoms with van der Waals surface area (Å²) in [7, 11) is 0. The Labute approximate surface area is 137 Å². The molecular weight excluding hydrogens is 305 g/mol. The molecule has 0 amide bonds. The monoisotopic (exact) mass is 336 g/mol. The lowest BCUT2D eigenvalue weighted by Crippen LogP contribution is -2.40. The Morgan fingerprint density at radius 3 is 2.39 bits per heavy atom. The molecule has 1 fully saturated rings. The number of halogens is 3. The van der Waals surface area contributed by atoms with Gasteiger partial charge in [0.25, 0.3) is 0 Å². The minimum atomic E-state index is -4.13. The third-order valence-corrected chi connectivity index (χ3v) is 3.89. The summed E-state index contributed by atoms with van der Waals surface area (Å²) >= 11 is 0. The van der Waals surface area contributed by atoms with Gasteiger partial charge in [0, 0.05) is 32.7 Å². The van der Waals surface area contributed by atoms with Crippen molar-refractivity contribution < 1.29 is 13.2 Å². The summed E-state index contributed by atoms with van der Waals surface area (Å²) in [5, 5.41) is 5.71. The van der Waals surface area contributed by atoms with Gasteiger partial charge in [-0.05, 0) is 38.1 Å². The predicted molar refractivity (Wildman–Crippen MR) is 88.7 cm³/mol. The van der Waals surface area contributed by atoms with Gasteiger partial charge in [0.1, 0.15) is 0 Å². The van der Waals surface area contributed by atoms with E-state index < -0.39 is 12.6 Å². The Morgan fingerprint density at radius 2 is 1.83 bits per heavy atom.